The molecular weight excluding hydrogens is 340 g/mol. The second-order valence-corrected chi connectivity index (χ2v) is 8.95. The Bertz CT molecular complexity index is 577. The summed E-state index contributed by atoms with van der Waals surface area (Å²) in [5, 5.41) is 12.8. The van der Waals surface area contributed by atoms with Crippen molar-refractivity contribution in [3.05, 3.63) is 0 Å². The van der Waals surface area contributed by atoms with Gasteiger partial charge in [0.1, 0.15) is 23.3 Å². The van der Waals surface area contributed by atoms with Gasteiger partial charge in [-0.1, -0.05) is 0 Å². The fraction of sp³-hybridized carbons (Fsp3) is 0.833. The summed E-state index contributed by atoms with van der Waals surface area (Å²) < 4.78 is 10.6. The first-order chi connectivity index (χ1) is 11.8. The van der Waals surface area contributed by atoms with E-state index in [1.165, 1.54) is 4.90 Å². The van der Waals surface area contributed by atoms with Gasteiger partial charge in [-0.25, -0.2) is 9.59 Å². The van der Waals surface area contributed by atoms with E-state index in [0.29, 0.717) is 19.3 Å². The van der Waals surface area contributed by atoms with E-state index < -0.39 is 47.4 Å². The molecule has 148 valence electrons. The maximum absolute atomic E-state index is 12.9. The minimum absolute atomic E-state index is 0.230. The summed E-state index contributed by atoms with van der Waals surface area (Å²) in [6.07, 6.45) is -0.399. The van der Waals surface area contributed by atoms with Crippen molar-refractivity contribution >= 4 is 18.0 Å². The van der Waals surface area contributed by atoms with E-state index >= 15 is 0 Å². The first kappa shape index (κ1) is 20.5. The highest BCUT2D eigenvalue weighted by Gasteiger charge is 2.51. The summed E-state index contributed by atoms with van der Waals surface area (Å²) >= 11 is 0. The van der Waals surface area contributed by atoms with Gasteiger partial charge in [0.25, 0.3) is 0 Å². The minimum Gasteiger partial charge on any atom is -0.458 e. The predicted octanol–water partition coefficient (Wildman–Crippen LogP) is 1.35. The maximum Gasteiger partial charge on any atom is 0.408 e. The zero-order chi connectivity index (χ0) is 19.9. The van der Waals surface area contributed by atoms with Gasteiger partial charge in [0.05, 0.1) is 6.10 Å². The van der Waals surface area contributed by atoms with Crippen LogP contribution in [-0.4, -0.2) is 63.4 Å². The average molecular weight is 370 g/mol. The molecule has 2 heterocycles. The number of piperidine rings is 1. The minimum atomic E-state index is -1.14. The van der Waals surface area contributed by atoms with Crippen LogP contribution in [0.1, 0.15) is 60.8 Å². The molecule has 2 N–H and O–H groups in total. The molecule has 2 amide bonds. The molecule has 0 aromatic rings. The number of rotatable bonds is 2. The van der Waals surface area contributed by atoms with Crippen LogP contribution >= 0.6 is 0 Å². The lowest BCUT2D eigenvalue weighted by Gasteiger charge is -2.40. The quantitative estimate of drug-likeness (QED) is 0.711. The third kappa shape index (κ3) is 4.87. The summed E-state index contributed by atoms with van der Waals surface area (Å²) in [6.45, 7) is 10.4. The highest BCUT2D eigenvalue weighted by atomic mass is 16.6. The lowest BCUT2D eigenvalue weighted by atomic mass is 9.95. The first-order valence-electron chi connectivity index (χ1n) is 9.01. The Labute approximate surface area is 154 Å². The Hall–Kier alpha value is -1.83. The molecule has 2 fully saturated rings. The molecule has 0 unspecified atom stereocenters. The Morgan fingerprint density at radius 3 is 2.19 bits per heavy atom. The smallest absolute Gasteiger partial charge is 0.408 e. The molecule has 8 nitrogen and oxygen atoms in total. The number of aliphatic hydroxyl groups excluding tert-OH is 1. The molecule has 2 aliphatic heterocycles. The monoisotopic (exact) mass is 370 g/mol. The fourth-order valence-corrected chi connectivity index (χ4v) is 3.38. The molecular formula is C18H30N2O6. The normalized spacial score (nSPS) is 29.2. The van der Waals surface area contributed by atoms with Gasteiger partial charge in [-0.15, -0.1) is 0 Å². The van der Waals surface area contributed by atoms with E-state index in [-0.39, 0.29) is 6.04 Å². The number of carbonyl (C=O) groups is 3. The maximum atomic E-state index is 12.9. The van der Waals surface area contributed by atoms with Crippen LogP contribution in [0, 0.1) is 0 Å². The number of hydrogen-bond donors (Lipinski definition) is 2. The van der Waals surface area contributed by atoms with Crippen LogP contribution in [0.5, 0.6) is 0 Å². The number of esters is 1. The third-order valence-corrected chi connectivity index (χ3v) is 4.27. The Kier molecular flexibility index (Phi) is 5.56. The van der Waals surface area contributed by atoms with Crippen molar-refractivity contribution in [2.75, 3.05) is 0 Å². The van der Waals surface area contributed by atoms with E-state index in [2.05, 4.69) is 5.32 Å². The number of aliphatic hydroxyl groups is 1. The van der Waals surface area contributed by atoms with Crippen LogP contribution in [0.2, 0.25) is 0 Å². The molecule has 0 aromatic heterocycles. The number of hydrogen-bond acceptors (Lipinski definition) is 6. The fourth-order valence-electron chi connectivity index (χ4n) is 3.38. The Morgan fingerprint density at radius 1 is 1.08 bits per heavy atom. The molecule has 2 aliphatic rings. The van der Waals surface area contributed by atoms with Gasteiger partial charge in [-0.2, -0.15) is 0 Å². The van der Waals surface area contributed by atoms with Gasteiger partial charge in [0, 0.05) is 6.04 Å². The Balaban J connectivity index is 2.11. The van der Waals surface area contributed by atoms with Crippen molar-refractivity contribution in [3.8, 4) is 0 Å². The van der Waals surface area contributed by atoms with Crippen molar-refractivity contribution in [1.82, 2.24) is 10.2 Å². The summed E-state index contributed by atoms with van der Waals surface area (Å²) in [6, 6.07) is -2.06. The first-order valence-corrected chi connectivity index (χ1v) is 9.01. The van der Waals surface area contributed by atoms with Gasteiger partial charge in [-0.05, 0) is 60.8 Å². The van der Waals surface area contributed by atoms with Crippen LogP contribution < -0.4 is 5.32 Å². The lowest BCUT2D eigenvalue weighted by Crippen LogP contribution is -2.63. The van der Waals surface area contributed by atoms with Gasteiger partial charge in [0.2, 0.25) is 5.91 Å². The summed E-state index contributed by atoms with van der Waals surface area (Å²) in [5.74, 6) is -0.936. The van der Waals surface area contributed by atoms with Gasteiger partial charge in [0.15, 0.2) is 0 Å². The number of alkyl carbamates (subject to hydrolysis) is 1. The second kappa shape index (κ2) is 7.06. The zero-order valence-corrected chi connectivity index (χ0v) is 16.4. The SMILES string of the molecule is CC(C)(C)OC(=O)N[C@H]1C(=O)N2[C@@H](CC[C@H]2C(=O)OC(C)(C)C)C[C@@H]1O. The topological polar surface area (TPSA) is 105 Å². The molecule has 0 spiro atoms. The molecule has 0 aromatic carbocycles. The van der Waals surface area contributed by atoms with E-state index in [1.54, 1.807) is 41.5 Å². The van der Waals surface area contributed by atoms with Gasteiger partial charge >= 0.3 is 12.1 Å². The van der Waals surface area contributed by atoms with Gasteiger partial charge < -0.3 is 24.8 Å². The van der Waals surface area contributed by atoms with Crippen molar-refractivity contribution in [2.45, 2.75) is 96.2 Å². The highest BCUT2D eigenvalue weighted by molar-refractivity contribution is 5.91. The molecule has 0 aliphatic carbocycles. The number of nitrogens with zero attached hydrogens (tertiary/aromatic N) is 1. The Morgan fingerprint density at radius 2 is 1.65 bits per heavy atom. The lowest BCUT2D eigenvalue weighted by molar-refractivity contribution is -0.167. The number of nitrogens with one attached hydrogen (secondary N) is 1. The number of carbonyl (C=O) groups excluding carboxylic acids is 3. The molecule has 0 bridgehead atoms. The van der Waals surface area contributed by atoms with E-state index in [9.17, 15) is 19.5 Å². The molecule has 0 radical (unpaired) electrons. The molecule has 4 atom stereocenters. The molecule has 8 heteroatoms. The van der Waals surface area contributed by atoms with E-state index in [0.717, 1.165) is 0 Å². The zero-order valence-electron chi connectivity index (χ0n) is 16.4. The highest BCUT2D eigenvalue weighted by Crippen LogP contribution is 2.34. The molecule has 2 rings (SSSR count). The van der Waals surface area contributed by atoms with Crippen molar-refractivity contribution in [2.24, 2.45) is 0 Å². The largest absolute Gasteiger partial charge is 0.458 e. The van der Waals surface area contributed by atoms with Crippen molar-refractivity contribution in [3.63, 3.8) is 0 Å². The van der Waals surface area contributed by atoms with Crippen LogP contribution in [0.15, 0.2) is 0 Å². The average Bonchev–Trinajstić information content (AvgIpc) is 2.83. The second-order valence-electron chi connectivity index (χ2n) is 8.95. The van der Waals surface area contributed by atoms with Crippen molar-refractivity contribution < 1.29 is 29.0 Å². The number of fused-ring (bicyclic) bond motifs is 1. The summed E-state index contributed by atoms with van der Waals surface area (Å²) in [4.78, 5) is 38.8. The van der Waals surface area contributed by atoms with Crippen molar-refractivity contribution in [1.29, 1.82) is 0 Å². The van der Waals surface area contributed by atoms with Crippen LogP contribution in [-0.2, 0) is 19.1 Å². The van der Waals surface area contributed by atoms with E-state index in [1.807, 2.05) is 0 Å². The van der Waals surface area contributed by atoms with Gasteiger partial charge in [-0.3, -0.25) is 4.79 Å². The molecule has 0 saturated carbocycles. The predicted molar refractivity (Wildman–Crippen MR) is 93.3 cm³/mol. The summed E-state index contributed by atoms with van der Waals surface area (Å²) in [5.41, 5.74) is -1.37. The number of ether oxygens (including phenoxy) is 2. The van der Waals surface area contributed by atoms with Crippen LogP contribution in [0.25, 0.3) is 0 Å². The standard InChI is InChI=1S/C18H30N2O6/c1-17(2,3)25-15(23)11-8-7-10-9-12(21)13(14(22)20(10)11)19-16(24)26-18(4,5)6/h10-13,21H,7-9H2,1-6H3,(H,19,24)/t10-,11-,12-,13+/m0/s1. The van der Waals surface area contributed by atoms with E-state index in [4.69, 9.17) is 9.47 Å². The third-order valence-electron chi connectivity index (χ3n) is 4.27. The van der Waals surface area contributed by atoms with Crippen LogP contribution in [0.3, 0.4) is 0 Å². The van der Waals surface area contributed by atoms with Crippen LogP contribution in [0.4, 0.5) is 4.79 Å². The summed E-state index contributed by atoms with van der Waals surface area (Å²) in [7, 11) is 0. The molecule has 26 heavy (non-hydrogen) atoms. The molecule has 2 saturated heterocycles. The number of amides is 2.